The highest BCUT2D eigenvalue weighted by Gasteiger charge is 2.10. The lowest BCUT2D eigenvalue weighted by Gasteiger charge is -2.06. The summed E-state index contributed by atoms with van der Waals surface area (Å²) in [5, 5.41) is 14.1. The summed E-state index contributed by atoms with van der Waals surface area (Å²) in [5.74, 6) is 0. The number of hydrogen-bond donors (Lipinski definition) is 1. The summed E-state index contributed by atoms with van der Waals surface area (Å²) in [6.45, 7) is 5.14. The summed E-state index contributed by atoms with van der Waals surface area (Å²) >= 11 is 0. The van der Waals surface area contributed by atoms with E-state index in [0.717, 1.165) is 38.1 Å². The van der Waals surface area contributed by atoms with Crippen molar-refractivity contribution < 1.29 is 9.66 Å². The van der Waals surface area contributed by atoms with Crippen molar-refractivity contribution in [3.05, 3.63) is 39.9 Å². The standard InChI is InChI=1S/C14H22N2O3/c1-2-3-11-19-12-10-15-9-8-13-6-4-5-7-14(13)16(17)18/h4-7,15H,2-3,8-12H2,1H3. The number of unbranched alkanes of at least 4 members (excludes halogenated alkanes) is 1. The van der Waals surface area contributed by atoms with Gasteiger partial charge in [0.1, 0.15) is 0 Å². The molecule has 0 aliphatic heterocycles. The fourth-order valence-corrected chi connectivity index (χ4v) is 1.74. The summed E-state index contributed by atoms with van der Waals surface area (Å²) < 4.78 is 5.42. The number of nitro groups is 1. The lowest BCUT2D eigenvalue weighted by Crippen LogP contribution is -2.22. The lowest BCUT2D eigenvalue weighted by atomic mass is 10.1. The van der Waals surface area contributed by atoms with Crippen molar-refractivity contribution in [2.75, 3.05) is 26.3 Å². The van der Waals surface area contributed by atoms with Gasteiger partial charge in [-0.15, -0.1) is 0 Å². The molecule has 0 saturated heterocycles. The predicted octanol–water partition coefficient (Wildman–Crippen LogP) is 2.54. The van der Waals surface area contributed by atoms with Crippen LogP contribution in [-0.4, -0.2) is 31.2 Å². The van der Waals surface area contributed by atoms with Crippen molar-refractivity contribution in [2.24, 2.45) is 0 Å². The molecule has 5 heteroatoms. The molecule has 5 nitrogen and oxygen atoms in total. The number of benzene rings is 1. The molecule has 0 fully saturated rings. The van der Waals surface area contributed by atoms with Crippen LogP contribution in [0, 0.1) is 10.1 Å². The summed E-state index contributed by atoms with van der Waals surface area (Å²) in [6, 6.07) is 6.87. The quantitative estimate of drug-likeness (QED) is 0.401. The van der Waals surface area contributed by atoms with Crippen LogP contribution in [0.3, 0.4) is 0 Å². The van der Waals surface area contributed by atoms with Crippen LogP contribution < -0.4 is 5.32 Å². The molecule has 1 N–H and O–H groups in total. The zero-order valence-corrected chi connectivity index (χ0v) is 11.4. The Morgan fingerprint density at radius 3 is 2.79 bits per heavy atom. The molecule has 1 rings (SSSR count). The van der Waals surface area contributed by atoms with Crippen molar-refractivity contribution in [1.29, 1.82) is 0 Å². The Kier molecular flexibility index (Phi) is 7.77. The molecule has 0 aliphatic carbocycles. The Bertz CT molecular complexity index is 383. The highest BCUT2D eigenvalue weighted by atomic mass is 16.6. The number of rotatable bonds is 10. The van der Waals surface area contributed by atoms with Gasteiger partial charge in [0.2, 0.25) is 0 Å². The van der Waals surface area contributed by atoms with Gasteiger partial charge in [0, 0.05) is 24.8 Å². The number of nitrogens with zero attached hydrogens (tertiary/aromatic N) is 1. The third-order valence-corrected chi connectivity index (χ3v) is 2.82. The Morgan fingerprint density at radius 2 is 2.05 bits per heavy atom. The van der Waals surface area contributed by atoms with Crippen molar-refractivity contribution in [3.63, 3.8) is 0 Å². The molecule has 0 spiro atoms. The molecule has 0 aromatic heterocycles. The first kappa shape index (κ1) is 15.6. The maximum absolute atomic E-state index is 10.8. The smallest absolute Gasteiger partial charge is 0.272 e. The largest absolute Gasteiger partial charge is 0.380 e. The van der Waals surface area contributed by atoms with Crippen molar-refractivity contribution in [3.8, 4) is 0 Å². The highest BCUT2D eigenvalue weighted by molar-refractivity contribution is 5.39. The fraction of sp³-hybridized carbons (Fsp3) is 0.571. The summed E-state index contributed by atoms with van der Waals surface area (Å²) in [5.41, 5.74) is 0.968. The maximum atomic E-state index is 10.8. The third-order valence-electron chi connectivity index (χ3n) is 2.82. The molecule has 0 bridgehead atoms. The number of hydrogen-bond acceptors (Lipinski definition) is 4. The van der Waals surface area contributed by atoms with Crippen molar-refractivity contribution in [2.45, 2.75) is 26.2 Å². The van der Waals surface area contributed by atoms with Gasteiger partial charge in [-0.1, -0.05) is 31.5 Å². The Hall–Kier alpha value is -1.46. The van der Waals surface area contributed by atoms with E-state index in [0.29, 0.717) is 13.0 Å². The molecule has 0 aliphatic rings. The van der Waals surface area contributed by atoms with Crippen LogP contribution in [-0.2, 0) is 11.2 Å². The number of nitrogens with one attached hydrogen (secondary N) is 1. The zero-order chi connectivity index (χ0) is 13.9. The number of ether oxygens (including phenoxy) is 1. The molecule has 0 radical (unpaired) electrons. The second-order valence-corrected chi connectivity index (χ2v) is 4.35. The average molecular weight is 266 g/mol. The Morgan fingerprint density at radius 1 is 1.26 bits per heavy atom. The van der Waals surface area contributed by atoms with E-state index in [2.05, 4.69) is 12.2 Å². The zero-order valence-electron chi connectivity index (χ0n) is 11.4. The summed E-state index contributed by atoms with van der Waals surface area (Å²) in [7, 11) is 0. The Labute approximate surface area is 114 Å². The minimum absolute atomic E-state index is 0.198. The first-order valence-corrected chi connectivity index (χ1v) is 6.76. The molecule has 19 heavy (non-hydrogen) atoms. The molecule has 1 aromatic rings. The van der Waals surface area contributed by atoms with Crippen LogP contribution in [0.15, 0.2) is 24.3 Å². The van der Waals surface area contributed by atoms with Crippen LogP contribution in [0.1, 0.15) is 25.3 Å². The van der Waals surface area contributed by atoms with Gasteiger partial charge in [-0.25, -0.2) is 0 Å². The van der Waals surface area contributed by atoms with E-state index in [-0.39, 0.29) is 10.6 Å². The van der Waals surface area contributed by atoms with Crippen LogP contribution >= 0.6 is 0 Å². The van der Waals surface area contributed by atoms with Crippen molar-refractivity contribution in [1.82, 2.24) is 5.32 Å². The monoisotopic (exact) mass is 266 g/mol. The SMILES string of the molecule is CCCCOCCNCCc1ccccc1[N+](=O)[O-]. The molecule has 1 aromatic carbocycles. The minimum Gasteiger partial charge on any atom is -0.380 e. The molecule has 106 valence electrons. The van der Waals surface area contributed by atoms with E-state index in [1.807, 2.05) is 6.07 Å². The van der Waals surface area contributed by atoms with E-state index in [1.54, 1.807) is 18.2 Å². The van der Waals surface area contributed by atoms with Crippen LogP contribution in [0.25, 0.3) is 0 Å². The van der Waals surface area contributed by atoms with E-state index in [1.165, 1.54) is 0 Å². The molecule has 0 saturated carbocycles. The van der Waals surface area contributed by atoms with Gasteiger partial charge in [-0.2, -0.15) is 0 Å². The molecular formula is C14H22N2O3. The average Bonchev–Trinajstić information content (AvgIpc) is 2.42. The van der Waals surface area contributed by atoms with E-state index in [9.17, 15) is 10.1 Å². The minimum atomic E-state index is -0.330. The summed E-state index contributed by atoms with van der Waals surface area (Å²) in [4.78, 5) is 10.5. The van der Waals surface area contributed by atoms with E-state index in [4.69, 9.17) is 4.74 Å². The van der Waals surface area contributed by atoms with Crippen LogP contribution in [0.5, 0.6) is 0 Å². The second kappa shape index (κ2) is 9.47. The second-order valence-electron chi connectivity index (χ2n) is 4.35. The fourth-order valence-electron chi connectivity index (χ4n) is 1.74. The first-order valence-electron chi connectivity index (χ1n) is 6.76. The van der Waals surface area contributed by atoms with Gasteiger partial charge in [0.15, 0.2) is 0 Å². The van der Waals surface area contributed by atoms with E-state index >= 15 is 0 Å². The molecule has 0 unspecified atom stereocenters. The van der Waals surface area contributed by atoms with E-state index < -0.39 is 0 Å². The predicted molar refractivity (Wildman–Crippen MR) is 75.4 cm³/mol. The number of nitro benzene ring substituents is 1. The molecule has 0 heterocycles. The molecule has 0 amide bonds. The van der Waals surface area contributed by atoms with Gasteiger partial charge in [-0.05, 0) is 19.4 Å². The normalized spacial score (nSPS) is 10.6. The van der Waals surface area contributed by atoms with Gasteiger partial charge >= 0.3 is 0 Å². The number of para-hydroxylation sites is 1. The van der Waals surface area contributed by atoms with Gasteiger partial charge in [0.05, 0.1) is 11.5 Å². The van der Waals surface area contributed by atoms with Gasteiger partial charge in [-0.3, -0.25) is 10.1 Å². The van der Waals surface area contributed by atoms with Gasteiger partial charge < -0.3 is 10.1 Å². The third kappa shape index (κ3) is 6.31. The Balaban J connectivity index is 2.17. The van der Waals surface area contributed by atoms with Gasteiger partial charge in [0.25, 0.3) is 5.69 Å². The topological polar surface area (TPSA) is 64.4 Å². The summed E-state index contributed by atoms with van der Waals surface area (Å²) in [6.07, 6.45) is 2.90. The van der Waals surface area contributed by atoms with Crippen LogP contribution in [0.2, 0.25) is 0 Å². The molecule has 0 atom stereocenters. The maximum Gasteiger partial charge on any atom is 0.272 e. The van der Waals surface area contributed by atoms with Crippen LogP contribution in [0.4, 0.5) is 5.69 Å². The lowest BCUT2D eigenvalue weighted by molar-refractivity contribution is -0.385. The highest BCUT2D eigenvalue weighted by Crippen LogP contribution is 2.17. The molecular weight excluding hydrogens is 244 g/mol. The first-order chi connectivity index (χ1) is 9.25. The van der Waals surface area contributed by atoms with Crippen molar-refractivity contribution >= 4 is 5.69 Å².